The number of hydrogen-bond donors (Lipinski definition) is 1. The summed E-state index contributed by atoms with van der Waals surface area (Å²) in [4.78, 5) is 0. The van der Waals surface area contributed by atoms with E-state index in [2.05, 4.69) is 10.2 Å². The molecule has 0 aromatic heterocycles. The lowest BCUT2D eigenvalue weighted by molar-refractivity contribution is 0.202. The van der Waals surface area contributed by atoms with Crippen LogP contribution in [0.1, 0.15) is 6.92 Å². The molecule has 0 saturated carbocycles. The van der Waals surface area contributed by atoms with Crippen LogP contribution in [0, 0.1) is 0 Å². The largest absolute Gasteiger partial charge is 0.391 e. The van der Waals surface area contributed by atoms with Crippen LogP contribution in [-0.2, 0) is 0 Å². The number of aliphatic hydroxyl groups is 1. The van der Waals surface area contributed by atoms with E-state index in [1.165, 1.54) is 0 Å². The highest BCUT2D eigenvalue weighted by Gasteiger charge is 1.90. The Morgan fingerprint density at radius 2 is 2.00 bits per heavy atom. The van der Waals surface area contributed by atoms with Gasteiger partial charge in [0, 0.05) is 0 Å². The predicted molar refractivity (Wildman–Crippen MR) is 47.5 cm³/mol. The minimum absolute atomic E-state index is 0.356. The van der Waals surface area contributed by atoms with Crippen molar-refractivity contribution in [2.45, 2.75) is 13.0 Å². The van der Waals surface area contributed by atoms with Crippen LogP contribution in [0.2, 0.25) is 0 Å². The maximum Gasteiger partial charge on any atom is 0.0860 e. The molecule has 1 atom stereocenters. The molecule has 1 aromatic carbocycles. The van der Waals surface area contributed by atoms with Gasteiger partial charge in [0.25, 0.3) is 0 Å². The summed E-state index contributed by atoms with van der Waals surface area (Å²) >= 11 is 0. The molecule has 1 aromatic rings. The Morgan fingerprint density at radius 3 is 2.58 bits per heavy atom. The fraction of sp³-hybridized carbons (Fsp3) is 0.333. The van der Waals surface area contributed by atoms with Gasteiger partial charge in [-0.2, -0.15) is 10.2 Å². The number of hydrogen-bond acceptors (Lipinski definition) is 3. The van der Waals surface area contributed by atoms with E-state index in [1.54, 1.807) is 6.92 Å². The van der Waals surface area contributed by atoms with Crippen molar-refractivity contribution < 1.29 is 5.11 Å². The Morgan fingerprint density at radius 1 is 1.33 bits per heavy atom. The van der Waals surface area contributed by atoms with Crippen LogP contribution in [-0.4, -0.2) is 17.8 Å². The second-order valence-electron chi connectivity index (χ2n) is 2.61. The Balaban J connectivity index is 2.47. The third-order valence-electron chi connectivity index (χ3n) is 1.29. The van der Waals surface area contributed by atoms with E-state index < -0.39 is 6.10 Å². The Hall–Kier alpha value is -1.22. The average Bonchev–Trinajstić information content (AvgIpc) is 2.05. The molecule has 64 valence electrons. The molecule has 0 amide bonds. The van der Waals surface area contributed by atoms with E-state index in [0.29, 0.717) is 6.54 Å². The van der Waals surface area contributed by atoms with Crippen LogP contribution < -0.4 is 0 Å². The lowest BCUT2D eigenvalue weighted by Crippen LogP contribution is -2.02. The summed E-state index contributed by atoms with van der Waals surface area (Å²) in [7, 11) is 0. The summed E-state index contributed by atoms with van der Waals surface area (Å²) in [6.07, 6.45) is -0.419. The summed E-state index contributed by atoms with van der Waals surface area (Å²) in [6, 6.07) is 9.46. The maximum atomic E-state index is 8.88. The van der Waals surface area contributed by atoms with Gasteiger partial charge in [0.2, 0.25) is 0 Å². The van der Waals surface area contributed by atoms with Crippen molar-refractivity contribution in [3.05, 3.63) is 30.3 Å². The standard InChI is InChI=1S/C9H12N2O/c1-8(12)7-10-11-9-5-3-2-4-6-9/h2-6,8,12H,7H2,1H3. The number of azo groups is 1. The van der Waals surface area contributed by atoms with Gasteiger partial charge in [-0.15, -0.1) is 0 Å². The Kier molecular flexibility index (Phi) is 3.41. The topological polar surface area (TPSA) is 45.0 Å². The molecule has 1 N–H and O–H groups in total. The first-order valence-corrected chi connectivity index (χ1v) is 3.89. The molecule has 3 nitrogen and oxygen atoms in total. The minimum Gasteiger partial charge on any atom is -0.391 e. The molecule has 1 unspecified atom stereocenters. The molecule has 0 aliphatic rings. The molecule has 0 fully saturated rings. The second-order valence-corrected chi connectivity index (χ2v) is 2.61. The van der Waals surface area contributed by atoms with E-state index in [9.17, 15) is 0 Å². The molecule has 1 rings (SSSR count). The molecule has 0 bridgehead atoms. The van der Waals surface area contributed by atoms with Crippen LogP contribution in [0.25, 0.3) is 0 Å². The monoisotopic (exact) mass is 164 g/mol. The number of nitrogens with zero attached hydrogens (tertiary/aromatic N) is 2. The first-order valence-electron chi connectivity index (χ1n) is 3.89. The van der Waals surface area contributed by atoms with Gasteiger partial charge in [0.1, 0.15) is 0 Å². The molecular weight excluding hydrogens is 152 g/mol. The van der Waals surface area contributed by atoms with Gasteiger partial charge >= 0.3 is 0 Å². The Labute approximate surface area is 71.8 Å². The molecule has 0 saturated heterocycles. The van der Waals surface area contributed by atoms with Gasteiger partial charge in [-0.3, -0.25) is 0 Å². The van der Waals surface area contributed by atoms with Crippen molar-refractivity contribution >= 4 is 5.69 Å². The first-order chi connectivity index (χ1) is 5.79. The van der Waals surface area contributed by atoms with Crippen LogP contribution in [0.15, 0.2) is 40.6 Å². The van der Waals surface area contributed by atoms with E-state index in [1.807, 2.05) is 30.3 Å². The highest BCUT2D eigenvalue weighted by atomic mass is 16.3. The SMILES string of the molecule is CC(O)CN=Nc1ccccc1. The summed E-state index contributed by atoms with van der Waals surface area (Å²) in [5.41, 5.74) is 0.818. The van der Waals surface area contributed by atoms with E-state index in [4.69, 9.17) is 5.11 Å². The predicted octanol–water partition coefficient (Wildman–Crippen LogP) is 2.15. The van der Waals surface area contributed by atoms with Crippen LogP contribution in [0.3, 0.4) is 0 Å². The molecule has 0 aliphatic carbocycles. The van der Waals surface area contributed by atoms with Gasteiger partial charge in [0.05, 0.1) is 18.3 Å². The zero-order valence-electron chi connectivity index (χ0n) is 7.01. The summed E-state index contributed by atoms with van der Waals surface area (Å²) < 4.78 is 0. The van der Waals surface area contributed by atoms with Gasteiger partial charge in [-0.25, -0.2) is 0 Å². The van der Waals surface area contributed by atoms with Crippen molar-refractivity contribution in [2.75, 3.05) is 6.54 Å². The maximum absolute atomic E-state index is 8.88. The number of rotatable bonds is 3. The molecule has 12 heavy (non-hydrogen) atoms. The van der Waals surface area contributed by atoms with Crippen molar-refractivity contribution in [3.63, 3.8) is 0 Å². The van der Waals surface area contributed by atoms with Crippen molar-refractivity contribution in [1.82, 2.24) is 0 Å². The number of benzene rings is 1. The fourth-order valence-corrected chi connectivity index (χ4v) is 0.735. The highest BCUT2D eigenvalue weighted by molar-refractivity contribution is 5.34. The molecule has 0 spiro atoms. The third-order valence-corrected chi connectivity index (χ3v) is 1.29. The van der Waals surface area contributed by atoms with E-state index in [-0.39, 0.29) is 0 Å². The molecular formula is C9H12N2O. The fourth-order valence-electron chi connectivity index (χ4n) is 0.735. The molecule has 0 heterocycles. The van der Waals surface area contributed by atoms with Crippen LogP contribution in [0.5, 0.6) is 0 Å². The van der Waals surface area contributed by atoms with Gasteiger partial charge in [-0.05, 0) is 19.1 Å². The van der Waals surface area contributed by atoms with Gasteiger partial charge in [-0.1, -0.05) is 18.2 Å². The van der Waals surface area contributed by atoms with Gasteiger partial charge in [0.15, 0.2) is 0 Å². The van der Waals surface area contributed by atoms with E-state index in [0.717, 1.165) is 5.69 Å². The average molecular weight is 164 g/mol. The summed E-state index contributed by atoms with van der Waals surface area (Å²) in [6.45, 7) is 2.04. The number of aliphatic hydroxyl groups excluding tert-OH is 1. The van der Waals surface area contributed by atoms with Crippen molar-refractivity contribution in [3.8, 4) is 0 Å². The third kappa shape index (κ3) is 3.25. The quantitative estimate of drug-likeness (QED) is 0.683. The van der Waals surface area contributed by atoms with Crippen LogP contribution >= 0.6 is 0 Å². The van der Waals surface area contributed by atoms with Gasteiger partial charge < -0.3 is 5.11 Å². The minimum atomic E-state index is -0.419. The highest BCUT2D eigenvalue weighted by Crippen LogP contribution is 2.09. The zero-order chi connectivity index (χ0) is 8.81. The molecule has 0 aliphatic heterocycles. The normalized spacial score (nSPS) is 13.5. The van der Waals surface area contributed by atoms with Crippen molar-refractivity contribution in [1.29, 1.82) is 0 Å². The summed E-state index contributed by atoms with van der Waals surface area (Å²) in [5, 5.41) is 16.6. The summed E-state index contributed by atoms with van der Waals surface area (Å²) in [5.74, 6) is 0. The first kappa shape index (κ1) is 8.87. The molecule has 0 radical (unpaired) electrons. The lowest BCUT2D eigenvalue weighted by Gasteiger charge is -1.95. The molecule has 3 heteroatoms. The second kappa shape index (κ2) is 4.62. The smallest absolute Gasteiger partial charge is 0.0860 e. The lowest BCUT2D eigenvalue weighted by atomic mass is 10.3. The van der Waals surface area contributed by atoms with Crippen LogP contribution in [0.4, 0.5) is 5.69 Å². The zero-order valence-corrected chi connectivity index (χ0v) is 7.01. The van der Waals surface area contributed by atoms with Crippen molar-refractivity contribution in [2.24, 2.45) is 10.2 Å². The van der Waals surface area contributed by atoms with E-state index >= 15 is 0 Å². The Bertz CT molecular complexity index is 244.